The topological polar surface area (TPSA) is 65.4 Å². The molecule has 6 heteroatoms. The quantitative estimate of drug-likeness (QED) is 0.911. The largest absolute Gasteiger partial charge is 0.484 e. The highest BCUT2D eigenvalue weighted by Crippen LogP contribution is 2.27. The van der Waals surface area contributed by atoms with Crippen molar-refractivity contribution in [3.8, 4) is 5.75 Å². The second-order valence-electron chi connectivity index (χ2n) is 5.39. The Hall–Kier alpha value is -2.08. The van der Waals surface area contributed by atoms with Gasteiger partial charge < -0.3 is 19.4 Å². The van der Waals surface area contributed by atoms with Gasteiger partial charge in [-0.2, -0.15) is 0 Å². The zero-order chi connectivity index (χ0) is 17.4. The second-order valence-corrected chi connectivity index (χ2v) is 5.39. The fourth-order valence-corrected chi connectivity index (χ4v) is 2.75. The lowest BCUT2D eigenvalue weighted by molar-refractivity contribution is -0.122. The SMILES string of the molecule is CC.CCNC(=O)COc1ccc2c(c1)ncn2C1CCOCC1.[HH]. The van der Waals surface area contributed by atoms with E-state index in [0.717, 1.165) is 37.1 Å². The van der Waals surface area contributed by atoms with Crippen molar-refractivity contribution in [2.75, 3.05) is 26.4 Å². The predicted octanol–water partition coefficient (Wildman–Crippen LogP) is 3.17. The Morgan fingerprint density at radius 1 is 1.42 bits per heavy atom. The number of aromatic nitrogens is 2. The Bertz CT molecular complexity index is 654. The van der Waals surface area contributed by atoms with Gasteiger partial charge in [-0.15, -0.1) is 0 Å². The molecular weight excluding hydrogens is 306 g/mol. The van der Waals surface area contributed by atoms with Gasteiger partial charge in [0.2, 0.25) is 0 Å². The van der Waals surface area contributed by atoms with E-state index >= 15 is 0 Å². The maximum absolute atomic E-state index is 11.4. The van der Waals surface area contributed by atoms with Crippen LogP contribution in [0.25, 0.3) is 11.0 Å². The van der Waals surface area contributed by atoms with Crippen LogP contribution < -0.4 is 10.1 Å². The summed E-state index contributed by atoms with van der Waals surface area (Å²) in [6.07, 6.45) is 3.91. The first-order valence-corrected chi connectivity index (χ1v) is 8.71. The van der Waals surface area contributed by atoms with Crippen molar-refractivity contribution < 1.29 is 15.7 Å². The van der Waals surface area contributed by atoms with Gasteiger partial charge in [-0.05, 0) is 31.9 Å². The molecule has 0 unspecified atom stereocenters. The fourth-order valence-electron chi connectivity index (χ4n) is 2.75. The first-order valence-electron chi connectivity index (χ1n) is 8.71. The molecule has 0 radical (unpaired) electrons. The van der Waals surface area contributed by atoms with Crippen LogP contribution in [0.5, 0.6) is 5.75 Å². The molecule has 24 heavy (non-hydrogen) atoms. The molecule has 0 aliphatic carbocycles. The minimum Gasteiger partial charge on any atom is -0.484 e. The number of imidazole rings is 1. The molecule has 1 aliphatic heterocycles. The maximum Gasteiger partial charge on any atom is 0.257 e. The van der Waals surface area contributed by atoms with Crippen molar-refractivity contribution in [1.82, 2.24) is 14.9 Å². The third-order valence-electron chi connectivity index (χ3n) is 3.87. The van der Waals surface area contributed by atoms with Gasteiger partial charge in [0, 0.05) is 33.3 Å². The van der Waals surface area contributed by atoms with Crippen molar-refractivity contribution in [2.24, 2.45) is 0 Å². The standard InChI is InChI=1S/C16H21N3O3.C2H6.H2/c1-2-17-16(20)10-22-13-3-4-15-14(9-13)18-11-19(15)12-5-7-21-8-6-12;1-2;/h3-4,9,11-12H,2,5-8,10H2,1H3,(H,17,20);1-2H3;1H. The number of rotatable bonds is 5. The molecule has 1 aromatic carbocycles. The number of carbonyl (C=O) groups excluding carboxylic acids is 1. The monoisotopic (exact) mass is 335 g/mol. The lowest BCUT2D eigenvalue weighted by Gasteiger charge is -2.23. The van der Waals surface area contributed by atoms with E-state index in [1.165, 1.54) is 0 Å². The smallest absolute Gasteiger partial charge is 0.257 e. The van der Waals surface area contributed by atoms with E-state index < -0.39 is 0 Å². The third kappa shape index (κ3) is 4.47. The summed E-state index contributed by atoms with van der Waals surface area (Å²) in [5.74, 6) is 0.548. The first kappa shape index (κ1) is 18.3. The van der Waals surface area contributed by atoms with Gasteiger partial charge in [-0.3, -0.25) is 4.79 Å². The number of benzene rings is 1. The normalized spacial score (nSPS) is 14.8. The van der Waals surface area contributed by atoms with Crippen molar-refractivity contribution in [3.05, 3.63) is 24.5 Å². The number of fused-ring (bicyclic) bond motifs is 1. The summed E-state index contributed by atoms with van der Waals surface area (Å²) in [6, 6.07) is 6.22. The summed E-state index contributed by atoms with van der Waals surface area (Å²) >= 11 is 0. The molecule has 0 atom stereocenters. The van der Waals surface area contributed by atoms with Gasteiger partial charge in [-0.1, -0.05) is 13.8 Å². The van der Waals surface area contributed by atoms with Gasteiger partial charge in [-0.25, -0.2) is 4.98 Å². The molecule has 1 N–H and O–H groups in total. The summed E-state index contributed by atoms with van der Waals surface area (Å²) < 4.78 is 13.1. The van der Waals surface area contributed by atoms with Gasteiger partial charge in [0.1, 0.15) is 5.75 Å². The van der Waals surface area contributed by atoms with Crippen LogP contribution in [0.3, 0.4) is 0 Å². The number of likely N-dealkylation sites (N-methyl/N-ethyl adjacent to an activating group) is 1. The van der Waals surface area contributed by atoms with Gasteiger partial charge in [0.05, 0.1) is 17.4 Å². The lowest BCUT2D eigenvalue weighted by Crippen LogP contribution is -2.28. The number of nitrogens with zero attached hydrogens (tertiary/aromatic N) is 2. The van der Waals surface area contributed by atoms with Gasteiger partial charge in [0.25, 0.3) is 5.91 Å². The zero-order valence-corrected chi connectivity index (χ0v) is 14.7. The van der Waals surface area contributed by atoms with Crippen molar-refractivity contribution >= 4 is 16.9 Å². The van der Waals surface area contributed by atoms with Crippen LogP contribution in [0.2, 0.25) is 0 Å². The average Bonchev–Trinajstić information content (AvgIpc) is 3.06. The number of nitrogens with one attached hydrogen (secondary N) is 1. The van der Waals surface area contributed by atoms with E-state index in [9.17, 15) is 4.79 Å². The highest BCUT2D eigenvalue weighted by molar-refractivity contribution is 5.79. The summed E-state index contributed by atoms with van der Waals surface area (Å²) in [5, 5.41) is 2.70. The van der Waals surface area contributed by atoms with Crippen LogP contribution in [-0.4, -0.2) is 41.8 Å². The van der Waals surface area contributed by atoms with E-state index in [2.05, 4.69) is 14.9 Å². The molecule has 0 spiro atoms. The molecule has 0 saturated carbocycles. The molecule has 1 amide bonds. The molecule has 1 aromatic heterocycles. The van der Waals surface area contributed by atoms with Crippen LogP contribution in [0.15, 0.2) is 24.5 Å². The van der Waals surface area contributed by atoms with Crippen molar-refractivity contribution in [1.29, 1.82) is 0 Å². The number of ether oxygens (including phenoxy) is 2. The Labute approximate surface area is 144 Å². The summed E-state index contributed by atoms with van der Waals surface area (Å²) in [6.45, 7) is 8.12. The fraction of sp³-hybridized carbons (Fsp3) is 0.556. The van der Waals surface area contributed by atoms with Gasteiger partial charge >= 0.3 is 0 Å². The number of hydrogen-bond donors (Lipinski definition) is 1. The molecule has 134 valence electrons. The van der Waals surface area contributed by atoms with E-state index in [1.54, 1.807) is 0 Å². The maximum atomic E-state index is 11.4. The van der Waals surface area contributed by atoms with Crippen LogP contribution in [0.1, 0.15) is 41.1 Å². The molecule has 2 aromatic rings. The van der Waals surface area contributed by atoms with E-state index in [1.807, 2.05) is 45.3 Å². The lowest BCUT2D eigenvalue weighted by atomic mass is 10.1. The minimum absolute atomic E-state index is 0. The Kier molecular flexibility index (Phi) is 7.06. The van der Waals surface area contributed by atoms with E-state index in [4.69, 9.17) is 9.47 Å². The number of hydrogen-bond acceptors (Lipinski definition) is 4. The Morgan fingerprint density at radius 3 is 2.88 bits per heavy atom. The minimum atomic E-state index is -0.115. The molecule has 6 nitrogen and oxygen atoms in total. The van der Waals surface area contributed by atoms with Crippen LogP contribution in [0.4, 0.5) is 0 Å². The summed E-state index contributed by atoms with van der Waals surface area (Å²) in [5.41, 5.74) is 1.98. The van der Waals surface area contributed by atoms with Crippen LogP contribution in [-0.2, 0) is 9.53 Å². The first-order chi connectivity index (χ1) is 11.8. The number of carbonyl (C=O) groups is 1. The third-order valence-corrected chi connectivity index (χ3v) is 3.87. The second kappa shape index (κ2) is 9.27. The van der Waals surface area contributed by atoms with Crippen molar-refractivity contribution in [2.45, 2.75) is 39.7 Å². The Morgan fingerprint density at radius 2 is 2.17 bits per heavy atom. The summed E-state index contributed by atoms with van der Waals surface area (Å²) in [4.78, 5) is 15.9. The number of amides is 1. The van der Waals surface area contributed by atoms with E-state index in [0.29, 0.717) is 18.3 Å². The van der Waals surface area contributed by atoms with Gasteiger partial charge in [0.15, 0.2) is 6.61 Å². The molecule has 2 heterocycles. The zero-order valence-electron chi connectivity index (χ0n) is 14.7. The predicted molar refractivity (Wildman–Crippen MR) is 96.5 cm³/mol. The molecule has 1 aliphatic rings. The van der Waals surface area contributed by atoms with E-state index in [-0.39, 0.29) is 13.9 Å². The molecular formula is C18H29N3O3. The van der Waals surface area contributed by atoms with Crippen molar-refractivity contribution in [3.63, 3.8) is 0 Å². The molecule has 0 bridgehead atoms. The molecule has 1 saturated heterocycles. The highest BCUT2D eigenvalue weighted by atomic mass is 16.5. The highest BCUT2D eigenvalue weighted by Gasteiger charge is 2.17. The van der Waals surface area contributed by atoms with Crippen LogP contribution in [0, 0.1) is 0 Å². The molecule has 1 fully saturated rings. The Balaban J connectivity index is 0.00000101. The summed E-state index contributed by atoms with van der Waals surface area (Å²) in [7, 11) is 0. The average molecular weight is 335 g/mol. The molecule has 3 rings (SSSR count). The van der Waals surface area contributed by atoms with Crippen LogP contribution >= 0.6 is 0 Å².